The summed E-state index contributed by atoms with van der Waals surface area (Å²) in [5.74, 6) is -0.236. The van der Waals surface area contributed by atoms with Crippen molar-refractivity contribution in [1.29, 1.82) is 0 Å². The van der Waals surface area contributed by atoms with Crippen molar-refractivity contribution in [2.75, 3.05) is 6.54 Å². The number of halogens is 1. The molecule has 0 spiro atoms. The quantitative estimate of drug-likeness (QED) is 0.821. The number of hydrogen-bond acceptors (Lipinski definition) is 1. The third-order valence-corrected chi connectivity index (χ3v) is 2.09. The minimum Gasteiger partial charge on any atom is -0.346 e. The Balaban J connectivity index is 2.46. The smallest absolute Gasteiger partial charge is 0.300 e. The average Bonchev–Trinajstić information content (AvgIpc) is 2.15. The van der Waals surface area contributed by atoms with Gasteiger partial charge >= 0.3 is 0 Å². The molecule has 0 unspecified atom stereocenters. The lowest BCUT2D eigenvalue weighted by molar-refractivity contribution is -0.119. The number of amides is 1. The van der Waals surface area contributed by atoms with Crippen LogP contribution in [-0.4, -0.2) is 12.5 Å². The molecular formula is C10H9BrN2O. The molecule has 0 fully saturated rings. The van der Waals surface area contributed by atoms with Gasteiger partial charge in [0.05, 0.1) is 0 Å². The molecule has 4 heteroatoms. The second kappa shape index (κ2) is 5.40. The first-order valence-electron chi connectivity index (χ1n) is 4.06. The van der Waals surface area contributed by atoms with Gasteiger partial charge in [0.1, 0.15) is 0 Å². The molecule has 1 aromatic rings. The summed E-state index contributed by atoms with van der Waals surface area (Å²) < 4.78 is 0.981. The van der Waals surface area contributed by atoms with Crippen molar-refractivity contribution in [3.63, 3.8) is 0 Å². The third-order valence-electron chi connectivity index (χ3n) is 1.60. The molecule has 0 aliphatic rings. The van der Waals surface area contributed by atoms with Crippen molar-refractivity contribution in [2.24, 2.45) is 0 Å². The highest BCUT2D eigenvalue weighted by Crippen LogP contribution is 2.11. The van der Waals surface area contributed by atoms with Crippen LogP contribution in [0, 0.1) is 6.57 Å². The van der Waals surface area contributed by atoms with E-state index in [9.17, 15) is 4.79 Å². The Hall–Kier alpha value is -1.34. The van der Waals surface area contributed by atoms with Crippen LogP contribution >= 0.6 is 15.9 Å². The van der Waals surface area contributed by atoms with Gasteiger partial charge in [0.25, 0.3) is 12.5 Å². The number of carbonyl (C=O) groups is 1. The van der Waals surface area contributed by atoms with Gasteiger partial charge < -0.3 is 10.2 Å². The van der Waals surface area contributed by atoms with Crippen molar-refractivity contribution >= 4 is 21.8 Å². The first-order valence-corrected chi connectivity index (χ1v) is 4.86. The van der Waals surface area contributed by atoms with Gasteiger partial charge in [-0.2, -0.15) is 0 Å². The minimum atomic E-state index is -0.236. The molecule has 0 aliphatic carbocycles. The number of nitrogens with one attached hydrogen (secondary N) is 1. The van der Waals surface area contributed by atoms with E-state index >= 15 is 0 Å². The van der Waals surface area contributed by atoms with E-state index in [0.717, 1.165) is 10.0 Å². The molecule has 0 bridgehead atoms. The molecule has 0 radical (unpaired) electrons. The normalized spacial score (nSPS) is 9.14. The topological polar surface area (TPSA) is 33.5 Å². The van der Waals surface area contributed by atoms with Crippen LogP contribution in [0.4, 0.5) is 0 Å². The van der Waals surface area contributed by atoms with E-state index in [2.05, 4.69) is 26.1 Å². The van der Waals surface area contributed by atoms with Crippen LogP contribution in [0.2, 0.25) is 0 Å². The molecule has 14 heavy (non-hydrogen) atoms. The number of hydrogen-bond donors (Lipinski definition) is 1. The Morgan fingerprint density at radius 2 is 2.36 bits per heavy atom. The van der Waals surface area contributed by atoms with E-state index in [1.54, 1.807) is 0 Å². The molecule has 0 aliphatic heterocycles. The fourth-order valence-electron chi connectivity index (χ4n) is 0.975. The van der Waals surface area contributed by atoms with Crippen LogP contribution in [0.25, 0.3) is 4.85 Å². The van der Waals surface area contributed by atoms with E-state index in [1.165, 1.54) is 0 Å². The molecule has 0 atom stereocenters. The molecule has 0 aromatic heterocycles. The van der Waals surface area contributed by atoms with E-state index in [0.29, 0.717) is 6.54 Å². The molecule has 0 saturated heterocycles. The van der Waals surface area contributed by atoms with Gasteiger partial charge in [0, 0.05) is 11.0 Å². The molecular weight excluding hydrogens is 244 g/mol. The molecule has 1 amide bonds. The number of benzene rings is 1. The Kier molecular flexibility index (Phi) is 4.14. The predicted octanol–water partition coefficient (Wildman–Crippen LogP) is 1.98. The van der Waals surface area contributed by atoms with Crippen molar-refractivity contribution in [3.8, 4) is 0 Å². The highest BCUT2D eigenvalue weighted by atomic mass is 79.9. The fraction of sp³-hybridized carbons (Fsp3) is 0.200. The highest BCUT2D eigenvalue weighted by molar-refractivity contribution is 9.10. The summed E-state index contributed by atoms with van der Waals surface area (Å²) >= 11 is 3.34. The van der Waals surface area contributed by atoms with Crippen LogP contribution in [0.15, 0.2) is 28.7 Å². The summed E-state index contributed by atoms with van der Waals surface area (Å²) in [6, 6.07) is 7.67. The van der Waals surface area contributed by atoms with E-state index in [-0.39, 0.29) is 12.5 Å². The lowest BCUT2D eigenvalue weighted by Crippen LogP contribution is -2.24. The molecule has 0 heterocycles. The maximum atomic E-state index is 11.0. The first kappa shape index (κ1) is 10.7. The van der Waals surface area contributed by atoms with Crippen LogP contribution in [-0.2, 0) is 11.3 Å². The zero-order valence-corrected chi connectivity index (χ0v) is 9.04. The summed E-state index contributed by atoms with van der Waals surface area (Å²) in [6.45, 7) is 6.87. The summed E-state index contributed by atoms with van der Waals surface area (Å²) in [4.78, 5) is 14.0. The molecule has 0 saturated carbocycles. The van der Waals surface area contributed by atoms with Crippen LogP contribution in [0.3, 0.4) is 0 Å². The maximum absolute atomic E-state index is 11.0. The van der Waals surface area contributed by atoms with Gasteiger partial charge in [0.2, 0.25) is 0 Å². The number of nitrogens with zero attached hydrogens (tertiary/aromatic N) is 1. The average molecular weight is 253 g/mol. The first-order chi connectivity index (χ1) is 6.72. The summed E-state index contributed by atoms with van der Waals surface area (Å²) in [5, 5.41) is 2.65. The SMILES string of the molecule is [C-]#[N+]CC(=O)NCc1cccc(Br)c1. The Morgan fingerprint density at radius 1 is 1.57 bits per heavy atom. The molecule has 3 nitrogen and oxygen atoms in total. The number of rotatable bonds is 3. The molecule has 1 rings (SSSR count). The fourth-order valence-corrected chi connectivity index (χ4v) is 1.42. The van der Waals surface area contributed by atoms with Gasteiger partial charge in [-0.25, -0.2) is 6.57 Å². The van der Waals surface area contributed by atoms with E-state index in [4.69, 9.17) is 6.57 Å². The Labute approximate surface area is 91.1 Å². The second-order valence-electron chi connectivity index (χ2n) is 2.72. The lowest BCUT2D eigenvalue weighted by atomic mass is 10.2. The maximum Gasteiger partial charge on any atom is 0.300 e. The molecule has 72 valence electrons. The largest absolute Gasteiger partial charge is 0.346 e. The van der Waals surface area contributed by atoms with E-state index < -0.39 is 0 Å². The van der Waals surface area contributed by atoms with Gasteiger partial charge in [-0.05, 0) is 17.7 Å². The van der Waals surface area contributed by atoms with Crippen LogP contribution in [0.1, 0.15) is 5.56 Å². The van der Waals surface area contributed by atoms with Gasteiger partial charge in [-0.15, -0.1) is 0 Å². The van der Waals surface area contributed by atoms with Crippen molar-refractivity contribution in [2.45, 2.75) is 6.54 Å². The van der Waals surface area contributed by atoms with Gasteiger partial charge in [-0.1, -0.05) is 28.1 Å². The second-order valence-corrected chi connectivity index (χ2v) is 3.64. The van der Waals surface area contributed by atoms with Gasteiger partial charge in [0.15, 0.2) is 0 Å². The molecule has 1 aromatic carbocycles. The van der Waals surface area contributed by atoms with Crippen molar-refractivity contribution in [1.82, 2.24) is 5.32 Å². The van der Waals surface area contributed by atoms with Crippen LogP contribution < -0.4 is 5.32 Å². The van der Waals surface area contributed by atoms with Crippen molar-refractivity contribution in [3.05, 3.63) is 45.7 Å². The monoisotopic (exact) mass is 252 g/mol. The summed E-state index contributed by atoms with van der Waals surface area (Å²) in [6.07, 6.45) is 0. The highest BCUT2D eigenvalue weighted by Gasteiger charge is 2.02. The minimum absolute atomic E-state index is 0.103. The predicted molar refractivity (Wildman–Crippen MR) is 57.5 cm³/mol. The van der Waals surface area contributed by atoms with E-state index in [1.807, 2.05) is 24.3 Å². The number of carbonyl (C=O) groups excluding carboxylic acids is 1. The van der Waals surface area contributed by atoms with Crippen LogP contribution in [0.5, 0.6) is 0 Å². The van der Waals surface area contributed by atoms with Crippen molar-refractivity contribution < 1.29 is 4.79 Å². The summed E-state index contributed by atoms with van der Waals surface area (Å²) in [5.41, 5.74) is 1.01. The standard InChI is InChI=1S/C10H9BrN2O/c1-12-7-10(14)13-6-8-3-2-4-9(11)5-8/h2-5H,6-7H2,(H,13,14). The van der Waals surface area contributed by atoms with Gasteiger partial charge in [-0.3, -0.25) is 4.79 Å². The zero-order valence-electron chi connectivity index (χ0n) is 7.46. The third kappa shape index (κ3) is 3.58. The summed E-state index contributed by atoms with van der Waals surface area (Å²) in [7, 11) is 0. The molecule has 1 N–H and O–H groups in total. The lowest BCUT2D eigenvalue weighted by Gasteiger charge is -2.01. The Bertz CT molecular complexity index is 371. The Morgan fingerprint density at radius 3 is 3.00 bits per heavy atom. The zero-order chi connectivity index (χ0) is 10.4.